The molecule has 0 aliphatic heterocycles. The predicted octanol–water partition coefficient (Wildman–Crippen LogP) is 3.72. The molecule has 4 heteroatoms. The van der Waals surface area contributed by atoms with E-state index in [1.165, 1.54) is 24.0 Å². The minimum absolute atomic E-state index is 0.657. The smallest absolute Gasteiger partial charge is 0.137 e. The summed E-state index contributed by atoms with van der Waals surface area (Å²) in [4.78, 5) is 4.13. The van der Waals surface area contributed by atoms with Gasteiger partial charge in [0.05, 0.1) is 11.1 Å². The first-order valence-electron chi connectivity index (χ1n) is 7.35. The van der Waals surface area contributed by atoms with E-state index in [4.69, 9.17) is 4.74 Å². The van der Waals surface area contributed by atoms with Crippen molar-refractivity contribution in [3.05, 3.63) is 58.3 Å². The molecular formula is C17H19BrN2O. The molecule has 1 aliphatic rings. The van der Waals surface area contributed by atoms with Gasteiger partial charge in [-0.1, -0.05) is 18.2 Å². The van der Waals surface area contributed by atoms with Crippen molar-refractivity contribution in [2.75, 3.05) is 6.61 Å². The van der Waals surface area contributed by atoms with Crippen LogP contribution in [0.4, 0.5) is 0 Å². The fourth-order valence-electron chi connectivity index (χ4n) is 2.21. The molecule has 0 atom stereocenters. The molecule has 1 N–H and O–H groups in total. The summed E-state index contributed by atoms with van der Waals surface area (Å²) in [5.41, 5.74) is 2.41. The molecule has 1 aromatic carbocycles. The lowest BCUT2D eigenvalue weighted by atomic mass is 10.2. The van der Waals surface area contributed by atoms with Gasteiger partial charge in [-0.3, -0.25) is 4.98 Å². The topological polar surface area (TPSA) is 34.1 Å². The van der Waals surface area contributed by atoms with Crippen LogP contribution in [0.25, 0.3) is 0 Å². The summed E-state index contributed by atoms with van der Waals surface area (Å²) in [6.45, 7) is 1.52. The monoisotopic (exact) mass is 346 g/mol. The van der Waals surface area contributed by atoms with Crippen LogP contribution in [-0.2, 0) is 13.0 Å². The zero-order chi connectivity index (χ0) is 14.5. The molecule has 0 amide bonds. The fourth-order valence-corrected chi connectivity index (χ4v) is 2.73. The fraction of sp³-hybridized carbons (Fsp3) is 0.353. The summed E-state index contributed by atoms with van der Waals surface area (Å²) in [6, 6.07) is 10.9. The van der Waals surface area contributed by atoms with Gasteiger partial charge >= 0.3 is 0 Å². The first kappa shape index (κ1) is 14.5. The molecule has 110 valence electrons. The number of nitrogens with one attached hydrogen (secondary N) is 1. The summed E-state index contributed by atoms with van der Waals surface area (Å²) < 4.78 is 7.03. The normalized spacial score (nSPS) is 14.1. The quantitative estimate of drug-likeness (QED) is 0.829. The van der Waals surface area contributed by atoms with Crippen LogP contribution in [0.15, 0.2) is 47.2 Å². The van der Waals surface area contributed by atoms with Crippen molar-refractivity contribution in [1.82, 2.24) is 10.3 Å². The van der Waals surface area contributed by atoms with Crippen LogP contribution < -0.4 is 10.1 Å². The average molecular weight is 347 g/mol. The number of halogens is 1. The Bertz CT molecular complexity index is 585. The lowest BCUT2D eigenvalue weighted by Crippen LogP contribution is -2.16. The van der Waals surface area contributed by atoms with E-state index in [-0.39, 0.29) is 0 Å². The Morgan fingerprint density at radius 1 is 1.24 bits per heavy atom. The highest BCUT2D eigenvalue weighted by Gasteiger charge is 2.21. The Morgan fingerprint density at radius 2 is 2.14 bits per heavy atom. The molecule has 1 heterocycles. The number of ether oxygens (including phenoxy) is 1. The Morgan fingerprint density at radius 3 is 2.90 bits per heavy atom. The van der Waals surface area contributed by atoms with Crippen LogP contribution in [0.5, 0.6) is 5.75 Å². The maximum atomic E-state index is 6.01. The van der Waals surface area contributed by atoms with Gasteiger partial charge in [-0.15, -0.1) is 0 Å². The van der Waals surface area contributed by atoms with Crippen molar-refractivity contribution >= 4 is 15.9 Å². The van der Waals surface area contributed by atoms with Crippen molar-refractivity contribution in [3.8, 4) is 5.75 Å². The second-order valence-corrected chi connectivity index (χ2v) is 6.20. The minimum atomic E-state index is 0.657. The number of benzene rings is 1. The number of rotatable bonds is 7. The average Bonchev–Trinajstić information content (AvgIpc) is 3.33. The van der Waals surface area contributed by atoms with E-state index in [9.17, 15) is 0 Å². The summed E-state index contributed by atoms with van der Waals surface area (Å²) in [5, 5.41) is 3.54. The summed E-state index contributed by atoms with van der Waals surface area (Å²) >= 11 is 3.59. The van der Waals surface area contributed by atoms with Crippen LogP contribution in [0.3, 0.4) is 0 Å². The van der Waals surface area contributed by atoms with E-state index in [1.807, 2.05) is 18.3 Å². The van der Waals surface area contributed by atoms with E-state index in [2.05, 4.69) is 44.4 Å². The summed E-state index contributed by atoms with van der Waals surface area (Å²) in [6.07, 6.45) is 7.14. The first-order chi connectivity index (χ1) is 10.3. The maximum absolute atomic E-state index is 6.01. The van der Waals surface area contributed by atoms with Crippen LogP contribution in [0.1, 0.15) is 24.0 Å². The molecule has 1 fully saturated rings. The molecule has 0 saturated heterocycles. The third-order valence-electron chi connectivity index (χ3n) is 3.57. The van der Waals surface area contributed by atoms with Crippen LogP contribution >= 0.6 is 15.9 Å². The number of aromatic nitrogens is 1. The Labute approximate surface area is 133 Å². The lowest BCUT2D eigenvalue weighted by molar-refractivity contribution is 0.315. The zero-order valence-electron chi connectivity index (χ0n) is 11.9. The molecule has 3 rings (SSSR count). The highest BCUT2D eigenvalue weighted by atomic mass is 79.9. The van der Waals surface area contributed by atoms with E-state index < -0.39 is 0 Å². The van der Waals surface area contributed by atoms with Gasteiger partial charge in [0, 0.05) is 37.0 Å². The van der Waals surface area contributed by atoms with Crippen molar-refractivity contribution in [2.45, 2.75) is 31.8 Å². The molecule has 0 unspecified atom stereocenters. The van der Waals surface area contributed by atoms with Crippen LogP contribution in [0, 0.1) is 0 Å². The standard InChI is InChI=1S/C17H19BrN2O/c18-16-5-1-4-14(12-20-15-6-7-15)17(16)21-10-8-13-3-2-9-19-11-13/h1-5,9,11,15,20H,6-8,10,12H2. The molecule has 0 spiro atoms. The van der Waals surface area contributed by atoms with E-state index in [0.29, 0.717) is 12.6 Å². The number of hydrogen-bond donors (Lipinski definition) is 1. The molecular weight excluding hydrogens is 328 g/mol. The molecule has 1 saturated carbocycles. The number of nitrogens with zero attached hydrogens (tertiary/aromatic N) is 1. The lowest BCUT2D eigenvalue weighted by Gasteiger charge is -2.14. The predicted molar refractivity (Wildman–Crippen MR) is 87.4 cm³/mol. The van der Waals surface area contributed by atoms with Crippen LogP contribution in [-0.4, -0.2) is 17.6 Å². The number of hydrogen-bond acceptors (Lipinski definition) is 3. The van der Waals surface area contributed by atoms with Gasteiger partial charge in [0.15, 0.2) is 0 Å². The number of para-hydroxylation sites is 1. The zero-order valence-corrected chi connectivity index (χ0v) is 13.5. The first-order valence-corrected chi connectivity index (χ1v) is 8.15. The SMILES string of the molecule is Brc1cccc(CNC2CC2)c1OCCc1cccnc1. The third kappa shape index (κ3) is 4.29. The third-order valence-corrected chi connectivity index (χ3v) is 4.19. The molecule has 3 nitrogen and oxygen atoms in total. The Kier molecular flexibility index (Phi) is 4.88. The second kappa shape index (κ2) is 7.05. The molecule has 2 aromatic rings. The Hall–Kier alpha value is -1.39. The summed E-state index contributed by atoms with van der Waals surface area (Å²) in [5.74, 6) is 0.953. The van der Waals surface area contributed by atoms with Gasteiger partial charge in [-0.05, 0) is 46.5 Å². The van der Waals surface area contributed by atoms with Gasteiger partial charge in [0.1, 0.15) is 5.75 Å². The molecule has 0 radical (unpaired) electrons. The van der Waals surface area contributed by atoms with Crippen molar-refractivity contribution < 1.29 is 4.74 Å². The van der Waals surface area contributed by atoms with Gasteiger partial charge in [-0.2, -0.15) is 0 Å². The van der Waals surface area contributed by atoms with E-state index >= 15 is 0 Å². The molecule has 1 aromatic heterocycles. The van der Waals surface area contributed by atoms with Gasteiger partial charge < -0.3 is 10.1 Å². The molecule has 21 heavy (non-hydrogen) atoms. The van der Waals surface area contributed by atoms with Gasteiger partial charge in [0.25, 0.3) is 0 Å². The van der Waals surface area contributed by atoms with E-state index in [0.717, 1.165) is 23.2 Å². The van der Waals surface area contributed by atoms with Crippen molar-refractivity contribution in [2.24, 2.45) is 0 Å². The molecule has 0 bridgehead atoms. The highest BCUT2D eigenvalue weighted by Crippen LogP contribution is 2.30. The van der Waals surface area contributed by atoms with E-state index in [1.54, 1.807) is 6.20 Å². The molecule has 1 aliphatic carbocycles. The second-order valence-electron chi connectivity index (χ2n) is 5.34. The van der Waals surface area contributed by atoms with Crippen molar-refractivity contribution in [1.29, 1.82) is 0 Å². The maximum Gasteiger partial charge on any atom is 0.137 e. The highest BCUT2D eigenvalue weighted by molar-refractivity contribution is 9.10. The van der Waals surface area contributed by atoms with Crippen molar-refractivity contribution in [3.63, 3.8) is 0 Å². The summed E-state index contributed by atoms with van der Waals surface area (Å²) in [7, 11) is 0. The number of pyridine rings is 1. The van der Waals surface area contributed by atoms with Crippen LogP contribution in [0.2, 0.25) is 0 Å². The van der Waals surface area contributed by atoms with Gasteiger partial charge in [-0.25, -0.2) is 0 Å². The largest absolute Gasteiger partial charge is 0.492 e. The van der Waals surface area contributed by atoms with Gasteiger partial charge in [0.2, 0.25) is 0 Å². The Balaban J connectivity index is 1.60. The minimum Gasteiger partial charge on any atom is -0.492 e.